The van der Waals surface area contributed by atoms with Gasteiger partial charge in [0.2, 0.25) is 0 Å². The predicted octanol–water partition coefficient (Wildman–Crippen LogP) is 5.84. The molecule has 0 aromatic heterocycles. The number of thioether (sulfide) groups is 2. The van der Waals surface area contributed by atoms with Crippen molar-refractivity contribution in [3.63, 3.8) is 0 Å². The van der Waals surface area contributed by atoms with Crippen LogP contribution in [-0.4, -0.2) is 24.0 Å². The van der Waals surface area contributed by atoms with Crippen LogP contribution in [0.1, 0.15) is 33.7 Å². The summed E-state index contributed by atoms with van der Waals surface area (Å²) in [4.78, 5) is 12.6. The second-order valence-corrected chi connectivity index (χ2v) is 9.83. The molecule has 1 aliphatic rings. The van der Waals surface area contributed by atoms with Crippen molar-refractivity contribution in [3.8, 4) is 5.75 Å². The fraction of sp³-hybridized carbons (Fsp3) is 0.240. The second-order valence-electron chi connectivity index (χ2n) is 7.11. The van der Waals surface area contributed by atoms with Gasteiger partial charge in [-0.2, -0.15) is 0 Å². The molecule has 3 nitrogen and oxygen atoms in total. The Kier molecular flexibility index (Phi) is 7.38. The minimum Gasteiger partial charge on any atom is -0.484 e. The average molecular weight is 436 g/mol. The smallest absolute Gasteiger partial charge is 0.258 e. The Bertz CT molecular complexity index is 887. The Morgan fingerprint density at radius 3 is 2.00 bits per heavy atom. The van der Waals surface area contributed by atoms with Crippen molar-refractivity contribution in [2.24, 2.45) is 0 Å². The molecule has 4 rings (SSSR count). The van der Waals surface area contributed by atoms with Crippen LogP contribution < -0.4 is 10.1 Å². The molecule has 1 amide bonds. The van der Waals surface area contributed by atoms with E-state index in [-0.39, 0.29) is 18.6 Å². The maximum atomic E-state index is 12.6. The Morgan fingerprint density at radius 1 is 0.867 bits per heavy atom. The molecule has 30 heavy (non-hydrogen) atoms. The lowest BCUT2D eigenvalue weighted by atomic mass is 9.99. The highest BCUT2D eigenvalue weighted by atomic mass is 32.2. The Morgan fingerprint density at radius 2 is 1.43 bits per heavy atom. The highest BCUT2D eigenvalue weighted by molar-refractivity contribution is 8.16. The van der Waals surface area contributed by atoms with Gasteiger partial charge >= 0.3 is 0 Å². The van der Waals surface area contributed by atoms with Gasteiger partial charge in [0.05, 0.1) is 10.6 Å². The number of hydrogen-bond acceptors (Lipinski definition) is 4. The van der Waals surface area contributed by atoms with E-state index in [1.807, 2.05) is 96.3 Å². The van der Waals surface area contributed by atoms with Crippen molar-refractivity contribution in [2.45, 2.75) is 17.0 Å². The van der Waals surface area contributed by atoms with E-state index >= 15 is 0 Å². The standard InChI is InChI=1S/C25H25NO2S2/c27-23(18-28-22-14-12-21(13-15-22)25-29-16-7-17-30-25)26-24(19-8-3-1-4-9-19)20-10-5-2-6-11-20/h1-6,8-15,24-25H,7,16-18H2,(H,26,27). The van der Waals surface area contributed by atoms with Crippen LogP contribution in [-0.2, 0) is 4.79 Å². The molecular weight excluding hydrogens is 410 g/mol. The van der Waals surface area contributed by atoms with Crippen LogP contribution in [0, 0.1) is 0 Å². The van der Waals surface area contributed by atoms with Crippen LogP contribution in [0.25, 0.3) is 0 Å². The lowest BCUT2D eigenvalue weighted by Crippen LogP contribution is -2.33. The van der Waals surface area contributed by atoms with Crippen LogP contribution in [0.5, 0.6) is 5.75 Å². The van der Waals surface area contributed by atoms with Crippen molar-refractivity contribution in [3.05, 3.63) is 102 Å². The van der Waals surface area contributed by atoms with Gasteiger partial charge in [-0.05, 0) is 46.7 Å². The van der Waals surface area contributed by atoms with Crippen LogP contribution >= 0.6 is 23.5 Å². The van der Waals surface area contributed by atoms with Crippen LogP contribution in [0.4, 0.5) is 0 Å². The number of benzene rings is 3. The van der Waals surface area contributed by atoms with Crippen molar-refractivity contribution in [1.29, 1.82) is 0 Å². The van der Waals surface area contributed by atoms with Gasteiger partial charge in [0.15, 0.2) is 6.61 Å². The predicted molar refractivity (Wildman–Crippen MR) is 127 cm³/mol. The second kappa shape index (κ2) is 10.6. The van der Waals surface area contributed by atoms with Gasteiger partial charge in [0.1, 0.15) is 5.75 Å². The van der Waals surface area contributed by atoms with Crippen molar-refractivity contribution in [1.82, 2.24) is 5.32 Å². The van der Waals surface area contributed by atoms with Crippen molar-refractivity contribution < 1.29 is 9.53 Å². The van der Waals surface area contributed by atoms with E-state index in [1.165, 1.54) is 23.5 Å². The van der Waals surface area contributed by atoms with E-state index in [4.69, 9.17) is 4.74 Å². The summed E-state index contributed by atoms with van der Waals surface area (Å²) < 4.78 is 6.27. The van der Waals surface area contributed by atoms with Gasteiger partial charge in [-0.1, -0.05) is 72.8 Å². The Hall–Kier alpha value is -2.37. The molecule has 1 saturated heterocycles. The summed E-state index contributed by atoms with van der Waals surface area (Å²) in [6.45, 7) is -0.0115. The molecule has 1 heterocycles. The largest absolute Gasteiger partial charge is 0.484 e. The highest BCUT2D eigenvalue weighted by Crippen LogP contribution is 2.43. The number of nitrogens with one attached hydrogen (secondary N) is 1. The van der Waals surface area contributed by atoms with E-state index in [0.29, 0.717) is 4.58 Å². The van der Waals surface area contributed by atoms with Gasteiger partial charge < -0.3 is 10.1 Å². The molecule has 154 valence electrons. The fourth-order valence-electron chi connectivity index (χ4n) is 3.40. The molecule has 1 fully saturated rings. The minimum absolute atomic E-state index is 0.0115. The molecular formula is C25H25NO2S2. The monoisotopic (exact) mass is 435 g/mol. The van der Waals surface area contributed by atoms with Gasteiger partial charge in [-0.15, -0.1) is 23.5 Å². The first-order valence-corrected chi connectivity index (χ1v) is 12.2. The third-order valence-electron chi connectivity index (χ3n) is 4.92. The zero-order valence-electron chi connectivity index (χ0n) is 16.7. The summed E-state index contributed by atoms with van der Waals surface area (Å²) in [7, 11) is 0. The summed E-state index contributed by atoms with van der Waals surface area (Å²) in [5.41, 5.74) is 3.41. The van der Waals surface area contributed by atoms with Crippen LogP contribution in [0.2, 0.25) is 0 Å². The number of hydrogen-bond donors (Lipinski definition) is 1. The molecule has 3 aromatic rings. The number of carbonyl (C=O) groups excluding carboxylic acids is 1. The quantitative estimate of drug-likeness (QED) is 0.506. The van der Waals surface area contributed by atoms with E-state index in [2.05, 4.69) is 17.4 Å². The van der Waals surface area contributed by atoms with Crippen molar-refractivity contribution in [2.75, 3.05) is 18.1 Å². The zero-order valence-corrected chi connectivity index (χ0v) is 18.3. The maximum Gasteiger partial charge on any atom is 0.258 e. The van der Waals surface area contributed by atoms with E-state index in [9.17, 15) is 4.79 Å². The minimum atomic E-state index is -0.203. The number of ether oxygens (including phenoxy) is 1. The SMILES string of the molecule is O=C(COc1ccc(C2SCCCS2)cc1)NC(c1ccccc1)c1ccccc1. The Balaban J connectivity index is 1.37. The third kappa shape index (κ3) is 5.61. The fourth-order valence-corrected chi connectivity index (χ4v) is 6.30. The normalized spacial score (nSPS) is 14.4. The molecule has 0 aliphatic carbocycles. The highest BCUT2D eigenvalue weighted by Gasteiger charge is 2.18. The first-order valence-electron chi connectivity index (χ1n) is 10.1. The maximum absolute atomic E-state index is 12.6. The summed E-state index contributed by atoms with van der Waals surface area (Å²) >= 11 is 4.00. The molecule has 0 bridgehead atoms. The summed E-state index contributed by atoms with van der Waals surface area (Å²) in [6.07, 6.45) is 1.29. The van der Waals surface area contributed by atoms with Gasteiger partial charge in [-0.25, -0.2) is 0 Å². The van der Waals surface area contributed by atoms with Gasteiger partial charge in [0.25, 0.3) is 5.91 Å². The first kappa shape index (κ1) is 20.9. The molecule has 3 aromatic carbocycles. The molecule has 0 radical (unpaired) electrons. The topological polar surface area (TPSA) is 38.3 Å². The van der Waals surface area contributed by atoms with Gasteiger partial charge in [0, 0.05) is 0 Å². The molecule has 1 N–H and O–H groups in total. The van der Waals surface area contributed by atoms with Gasteiger partial charge in [-0.3, -0.25) is 4.79 Å². The molecule has 1 aliphatic heterocycles. The van der Waals surface area contributed by atoms with E-state index in [1.54, 1.807) is 0 Å². The molecule has 0 spiro atoms. The molecule has 0 atom stereocenters. The molecule has 5 heteroatoms. The molecule has 0 saturated carbocycles. The van der Waals surface area contributed by atoms with E-state index < -0.39 is 0 Å². The van der Waals surface area contributed by atoms with Crippen LogP contribution in [0.3, 0.4) is 0 Å². The average Bonchev–Trinajstić information content (AvgIpc) is 2.83. The number of carbonyl (C=O) groups is 1. The Labute approximate surface area is 186 Å². The number of rotatable bonds is 7. The van der Waals surface area contributed by atoms with Crippen LogP contribution in [0.15, 0.2) is 84.9 Å². The first-order chi connectivity index (χ1) is 14.8. The van der Waals surface area contributed by atoms with E-state index in [0.717, 1.165) is 16.9 Å². The summed E-state index contributed by atoms with van der Waals surface area (Å²) in [5.74, 6) is 3.02. The lowest BCUT2D eigenvalue weighted by Gasteiger charge is -2.21. The molecule has 0 unspecified atom stereocenters. The third-order valence-corrected chi connectivity index (χ3v) is 7.94. The summed E-state index contributed by atoms with van der Waals surface area (Å²) in [6, 6.07) is 27.9. The lowest BCUT2D eigenvalue weighted by molar-refractivity contribution is -0.123. The summed E-state index contributed by atoms with van der Waals surface area (Å²) in [5, 5.41) is 3.11. The van der Waals surface area contributed by atoms with Crippen molar-refractivity contribution >= 4 is 29.4 Å². The zero-order chi connectivity index (χ0) is 20.6. The number of amides is 1.